The van der Waals surface area contributed by atoms with Crippen LogP contribution in [0, 0.1) is 0 Å². The van der Waals surface area contributed by atoms with Gasteiger partial charge in [0, 0.05) is 20.5 Å². The molecule has 1 atom stereocenters. The molecule has 5 nitrogen and oxygen atoms in total. The second kappa shape index (κ2) is 7.53. The van der Waals surface area contributed by atoms with Crippen molar-refractivity contribution >= 4 is 11.9 Å². The van der Waals surface area contributed by atoms with Crippen molar-refractivity contribution < 1.29 is 14.7 Å². The average Bonchev–Trinajstić information content (AvgIpc) is 2.38. The van der Waals surface area contributed by atoms with Crippen LogP contribution in [0.2, 0.25) is 0 Å². The van der Waals surface area contributed by atoms with Crippen LogP contribution in [0.25, 0.3) is 0 Å². The van der Waals surface area contributed by atoms with Crippen LogP contribution < -0.4 is 5.32 Å². The zero-order chi connectivity index (χ0) is 14.3. The summed E-state index contributed by atoms with van der Waals surface area (Å²) in [5.41, 5.74) is 0.717. The molecule has 0 radical (unpaired) electrons. The molecule has 5 heteroatoms. The van der Waals surface area contributed by atoms with Gasteiger partial charge in [0.25, 0.3) is 0 Å². The molecule has 1 amide bonds. The third-order valence-corrected chi connectivity index (χ3v) is 2.79. The van der Waals surface area contributed by atoms with E-state index in [9.17, 15) is 14.7 Å². The molecule has 0 bridgehead atoms. The maximum atomic E-state index is 11.4. The van der Waals surface area contributed by atoms with Crippen LogP contribution in [0.4, 0.5) is 0 Å². The van der Waals surface area contributed by atoms with Gasteiger partial charge in [0.2, 0.25) is 5.91 Å². The molecule has 0 aliphatic carbocycles. The molecule has 2 N–H and O–H groups in total. The summed E-state index contributed by atoms with van der Waals surface area (Å²) in [4.78, 5) is 24.1. The lowest BCUT2D eigenvalue weighted by Crippen LogP contribution is -2.30. The van der Waals surface area contributed by atoms with E-state index in [2.05, 4.69) is 5.32 Å². The van der Waals surface area contributed by atoms with Gasteiger partial charge in [-0.3, -0.25) is 9.59 Å². The van der Waals surface area contributed by atoms with Gasteiger partial charge in [0.05, 0.1) is 0 Å². The molecular weight excluding hydrogens is 244 g/mol. The first-order chi connectivity index (χ1) is 9.02. The zero-order valence-electron chi connectivity index (χ0n) is 11.3. The van der Waals surface area contributed by atoms with E-state index < -0.39 is 12.0 Å². The van der Waals surface area contributed by atoms with Gasteiger partial charge in [0.15, 0.2) is 0 Å². The first kappa shape index (κ1) is 15.2. The molecule has 0 aliphatic heterocycles. The van der Waals surface area contributed by atoms with Crippen LogP contribution in [0.15, 0.2) is 30.3 Å². The Morgan fingerprint density at radius 2 is 1.89 bits per heavy atom. The lowest BCUT2D eigenvalue weighted by Gasteiger charge is -2.15. The van der Waals surface area contributed by atoms with Crippen LogP contribution in [0.5, 0.6) is 0 Å². The number of carbonyl (C=O) groups is 2. The number of carboxylic acids is 1. The number of amides is 1. The summed E-state index contributed by atoms with van der Waals surface area (Å²) >= 11 is 0. The van der Waals surface area contributed by atoms with Gasteiger partial charge in [-0.25, -0.2) is 0 Å². The highest BCUT2D eigenvalue weighted by molar-refractivity contribution is 5.76. The van der Waals surface area contributed by atoms with Crippen LogP contribution >= 0.6 is 0 Å². The first-order valence-electron chi connectivity index (χ1n) is 6.23. The van der Waals surface area contributed by atoms with E-state index >= 15 is 0 Å². The van der Waals surface area contributed by atoms with Crippen molar-refractivity contribution in [2.75, 3.05) is 20.6 Å². The fourth-order valence-corrected chi connectivity index (χ4v) is 1.70. The van der Waals surface area contributed by atoms with Crippen molar-refractivity contribution in [2.45, 2.75) is 18.9 Å². The Hall–Kier alpha value is -1.88. The van der Waals surface area contributed by atoms with E-state index in [1.165, 1.54) is 4.90 Å². The summed E-state index contributed by atoms with van der Waals surface area (Å²) < 4.78 is 0. The summed E-state index contributed by atoms with van der Waals surface area (Å²) in [6.07, 6.45) is 1.04. The Kier molecular flexibility index (Phi) is 6.02. The average molecular weight is 264 g/mol. The van der Waals surface area contributed by atoms with E-state index in [0.717, 1.165) is 0 Å². The number of hydrogen-bond donors (Lipinski definition) is 2. The molecule has 0 saturated carbocycles. The van der Waals surface area contributed by atoms with Crippen molar-refractivity contribution in [1.82, 2.24) is 10.2 Å². The topological polar surface area (TPSA) is 69.6 Å². The zero-order valence-corrected chi connectivity index (χ0v) is 11.3. The summed E-state index contributed by atoms with van der Waals surface area (Å²) in [6.45, 7) is 0.492. The molecule has 0 spiro atoms. The van der Waals surface area contributed by atoms with Crippen molar-refractivity contribution in [3.63, 3.8) is 0 Å². The highest BCUT2D eigenvalue weighted by atomic mass is 16.4. The van der Waals surface area contributed by atoms with Crippen molar-refractivity contribution in [3.8, 4) is 0 Å². The molecule has 0 heterocycles. The van der Waals surface area contributed by atoms with Crippen molar-refractivity contribution in [3.05, 3.63) is 35.9 Å². The number of nitrogens with zero attached hydrogens (tertiary/aromatic N) is 1. The Morgan fingerprint density at radius 3 is 2.42 bits per heavy atom. The minimum Gasteiger partial charge on any atom is -0.480 e. The predicted octanol–water partition coefficient (Wildman–Crippen LogP) is 1.27. The SMILES string of the molecule is CN(C)C(=O)CCCNC(C(=O)O)c1ccccc1. The Labute approximate surface area is 113 Å². The maximum Gasteiger partial charge on any atom is 0.325 e. The molecule has 1 aromatic carbocycles. The molecule has 1 aromatic rings. The number of nitrogens with one attached hydrogen (secondary N) is 1. The first-order valence-corrected chi connectivity index (χ1v) is 6.23. The van der Waals surface area contributed by atoms with E-state index in [4.69, 9.17) is 0 Å². The summed E-state index contributed by atoms with van der Waals surface area (Å²) in [5, 5.41) is 12.1. The second-order valence-corrected chi connectivity index (χ2v) is 4.53. The smallest absolute Gasteiger partial charge is 0.325 e. The molecule has 19 heavy (non-hydrogen) atoms. The lowest BCUT2D eigenvalue weighted by atomic mass is 10.1. The van der Waals surface area contributed by atoms with Gasteiger partial charge >= 0.3 is 5.97 Å². The number of rotatable bonds is 7. The molecule has 0 fully saturated rings. The minimum atomic E-state index is -0.912. The number of aliphatic carboxylic acids is 1. The maximum absolute atomic E-state index is 11.4. The van der Waals surface area contributed by atoms with E-state index in [0.29, 0.717) is 24.9 Å². The van der Waals surface area contributed by atoms with Crippen molar-refractivity contribution in [2.24, 2.45) is 0 Å². The van der Waals surface area contributed by atoms with Crippen LogP contribution in [0.1, 0.15) is 24.4 Å². The molecule has 104 valence electrons. The minimum absolute atomic E-state index is 0.0494. The molecule has 1 unspecified atom stereocenters. The monoisotopic (exact) mass is 264 g/mol. The van der Waals surface area contributed by atoms with Gasteiger partial charge in [-0.05, 0) is 18.5 Å². The highest BCUT2D eigenvalue weighted by Gasteiger charge is 2.18. The number of carbonyl (C=O) groups excluding carboxylic acids is 1. The second-order valence-electron chi connectivity index (χ2n) is 4.53. The highest BCUT2D eigenvalue weighted by Crippen LogP contribution is 2.12. The fraction of sp³-hybridized carbons (Fsp3) is 0.429. The van der Waals surface area contributed by atoms with Crippen LogP contribution in [0.3, 0.4) is 0 Å². The largest absolute Gasteiger partial charge is 0.480 e. The summed E-state index contributed by atoms with van der Waals surface area (Å²) in [6, 6.07) is 8.28. The summed E-state index contributed by atoms with van der Waals surface area (Å²) in [5.74, 6) is -0.862. The summed E-state index contributed by atoms with van der Waals surface area (Å²) in [7, 11) is 3.42. The molecular formula is C14H20N2O3. The third-order valence-electron chi connectivity index (χ3n) is 2.79. The Balaban J connectivity index is 2.44. The van der Waals surface area contributed by atoms with E-state index in [-0.39, 0.29) is 5.91 Å². The Morgan fingerprint density at radius 1 is 1.26 bits per heavy atom. The number of carboxylic acid groups (broad SMARTS) is 1. The van der Waals surface area contributed by atoms with Crippen molar-refractivity contribution in [1.29, 1.82) is 0 Å². The fourth-order valence-electron chi connectivity index (χ4n) is 1.70. The van der Waals surface area contributed by atoms with Crippen LogP contribution in [-0.4, -0.2) is 42.5 Å². The number of hydrogen-bond acceptors (Lipinski definition) is 3. The predicted molar refractivity (Wildman–Crippen MR) is 72.7 cm³/mol. The molecule has 0 saturated heterocycles. The van der Waals surface area contributed by atoms with Crippen LogP contribution in [-0.2, 0) is 9.59 Å². The quantitative estimate of drug-likeness (QED) is 0.728. The van der Waals surface area contributed by atoms with Gasteiger partial charge < -0.3 is 15.3 Å². The van der Waals surface area contributed by atoms with Gasteiger partial charge in [-0.1, -0.05) is 30.3 Å². The van der Waals surface area contributed by atoms with Gasteiger partial charge in [-0.2, -0.15) is 0 Å². The van der Waals surface area contributed by atoms with Gasteiger partial charge in [-0.15, -0.1) is 0 Å². The number of benzene rings is 1. The van der Waals surface area contributed by atoms with E-state index in [1.807, 2.05) is 18.2 Å². The molecule has 0 aliphatic rings. The molecule has 1 rings (SSSR count). The lowest BCUT2D eigenvalue weighted by molar-refractivity contribution is -0.139. The van der Waals surface area contributed by atoms with Gasteiger partial charge in [0.1, 0.15) is 6.04 Å². The normalized spacial score (nSPS) is 11.9. The Bertz CT molecular complexity index is 418. The third kappa shape index (κ3) is 5.09. The molecule has 0 aromatic heterocycles. The van der Waals surface area contributed by atoms with E-state index in [1.54, 1.807) is 26.2 Å². The standard InChI is InChI=1S/C14H20N2O3/c1-16(2)12(17)9-6-10-15-13(14(18)19)11-7-4-3-5-8-11/h3-5,7-8,13,15H,6,9-10H2,1-2H3,(H,18,19).